The predicted octanol–water partition coefficient (Wildman–Crippen LogP) is 4.92. The van der Waals surface area contributed by atoms with Gasteiger partial charge in [-0.15, -0.1) is 0 Å². The number of rotatable bonds is 5. The lowest BCUT2D eigenvalue weighted by Crippen LogP contribution is -2.02. The Morgan fingerprint density at radius 1 is 0.857 bits per heavy atom. The van der Waals surface area contributed by atoms with E-state index in [1.165, 1.54) is 22.6 Å². The molecule has 0 saturated heterocycles. The number of anilines is 1. The highest BCUT2D eigenvalue weighted by molar-refractivity contribution is 7.90. The van der Waals surface area contributed by atoms with Crippen molar-refractivity contribution in [3.05, 3.63) is 90.6 Å². The van der Waals surface area contributed by atoms with Crippen molar-refractivity contribution < 1.29 is 8.42 Å². The van der Waals surface area contributed by atoms with Gasteiger partial charge in [0.1, 0.15) is 0 Å². The third-order valence-electron chi connectivity index (χ3n) is 4.64. The number of aromatic nitrogens is 1. The molecule has 1 aromatic heterocycles. The Morgan fingerprint density at radius 2 is 1.68 bits per heavy atom. The third-order valence-corrected chi connectivity index (χ3v) is 5.75. The molecule has 4 aromatic rings. The number of nitrogens with zero attached hydrogens (tertiary/aromatic N) is 1. The van der Waals surface area contributed by atoms with Gasteiger partial charge in [0, 0.05) is 24.6 Å². The van der Waals surface area contributed by atoms with Crippen LogP contribution in [0.5, 0.6) is 0 Å². The summed E-state index contributed by atoms with van der Waals surface area (Å²) in [7, 11) is -3.27. The van der Waals surface area contributed by atoms with Crippen molar-refractivity contribution >= 4 is 26.3 Å². The maximum Gasteiger partial charge on any atom is 0.175 e. The van der Waals surface area contributed by atoms with Crippen molar-refractivity contribution in [2.45, 2.75) is 11.4 Å². The molecule has 0 atom stereocenters. The van der Waals surface area contributed by atoms with Gasteiger partial charge in [0.15, 0.2) is 9.84 Å². The summed E-state index contributed by atoms with van der Waals surface area (Å²) < 4.78 is 23.8. The Hall–Kier alpha value is -3.18. The van der Waals surface area contributed by atoms with Gasteiger partial charge in [-0.05, 0) is 46.7 Å². The molecule has 0 spiro atoms. The van der Waals surface area contributed by atoms with Crippen LogP contribution in [0.1, 0.15) is 5.56 Å². The number of sulfone groups is 1. The van der Waals surface area contributed by atoms with Gasteiger partial charge in [-0.25, -0.2) is 8.42 Å². The van der Waals surface area contributed by atoms with E-state index < -0.39 is 9.84 Å². The summed E-state index contributed by atoms with van der Waals surface area (Å²) in [5, 5.41) is 5.86. The number of hydrogen-bond acceptors (Lipinski definition) is 4. The van der Waals surface area contributed by atoms with Crippen molar-refractivity contribution in [1.82, 2.24) is 4.98 Å². The maximum atomic E-state index is 11.9. The van der Waals surface area contributed by atoms with Crippen LogP contribution in [-0.4, -0.2) is 19.7 Å². The molecule has 0 radical (unpaired) electrons. The van der Waals surface area contributed by atoms with E-state index in [9.17, 15) is 8.42 Å². The van der Waals surface area contributed by atoms with E-state index in [1.807, 2.05) is 30.3 Å². The quantitative estimate of drug-likeness (QED) is 0.527. The SMILES string of the molecule is CS(=O)(=O)c1cccc(-c2ncccc2NCc2ccc3ccccc3c2)c1. The topological polar surface area (TPSA) is 59.1 Å². The largest absolute Gasteiger partial charge is 0.379 e. The predicted molar refractivity (Wildman–Crippen MR) is 114 cm³/mol. The van der Waals surface area contributed by atoms with E-state index in [0.29, 0.717) is 6.54 Å². The molecule has 140 valence electrons. The van der Waals surface area contributed by atoms with Crippen LogP contribution in [0.2, 0.25) is 0 Å². The molecule has 0 saturated carbocycles. The van der Waals surface area contributed by atoms with E-state index in [-0.39, 0.29) is 4.90 Å². The molecule has 1 N–H and O–H groups in total. The Kier molecular flexibility index (Phi) is 4.84. The van der Waals surface area contributed by atoms with Crippen LogP contribution in [0.4, 0.5) is 5.69 Å². The van der Waals surface area contributed by atoms with Crippen LogP contribution in [0.3, 0.4) is 0 Å². The second-order valence-corrected chi connectivity index (χ2v) is 8.75. The number of nitrogens with one attached hydrogen (secondary N) is 1. The van der Waals surface area contributed by atoms with E-state index in [4.69, 9.17) is 0 Å². The molecule has 1 heterocycles. The first-order valence-corrected chi connectivity index (χ1v) is 10.9. The monoisotopic (exact) mass is 388 g/mol. The van der Waals surface area contributed by atoms with Crippen molar-refractivity contribution in [1.29, 1.82) is 0 Å². The lowest BCUT2D eigenvalue weighted by atomic mass is 10.1. The van der Waals surface area contributed by atoms with Gasteiger partial charge in [0.25, 0.3) is 0 Å². The number of fused-ring (bicyclic) bond motifs is 1. The van der Waals surface area contributed by atoms with Crippen LogP contribution in [0.15, 0.2) is 90.0 Å². The Labute approximate surface area is 164 Å². The Morgan fingerprint density at radius 3 is 2.50 bits per heavy atom. The summed E-state index contributed by atoms with van der Waals surface area (Å²) in [6, 6.07) is 25.4. The molecular weight excluding hydrogens is 368 g/mol. The zero-order valence-electron chi connectivity index (χ0n) is 15.5. The molecule has 4 nitrogen and oxygen atoms in total. The molecule has 0 aliphatic rings. The van der Waals surface area contributed by atoms with E-state index in [1.54, 1.807) is 24.4 Å². The summed E-state index contributed by atoms with van der Waals surface area (Å²) in [6.45, 7) is 0.648. The van der Waals surface area contributed by atoms with Crippen molar-refractivity contribution in [2.75, 3.05) is 11.6 Å². The lowest BCUT2D eigenvalue weighted by Gasteiger charge is -2.12. The Balaban J connectivity index is 1.63. The summed E-state index contributed by atoms with van der Waals surface area (Å²) in [6.07, 6.45) is 2.92. The smallest absolute Gasteiger partial charge is 0.175 e. The summed E-state index contributed by atoms with van der Waals surface area (Å²) in [5.41, 5.74) is 3.53. The average Bonchev–Trinajstić information content (AvgIpc) is 2.72. The van der Waals surface area contributed by atoms with Gasteiger partial charge in [0.2, 0.25) is 0 Å². The first kappa shape index (κ1) is 18.2. The maximum absolute atomic E-state index is 11.9. The molecule has 0 fully saturated rings. The van der Waals surface area contributed by atoms with Crippen molar-refractivity contribution in [3.63, 3.8) is 0 Å². The molecule has 0 aliphatic heterocycles. The molecule has 28 heavy (non-hydrogen) atoms. The van der Waals surface area contributed by atoms with Crippen molar-refractivity contribution in [2.24, 2.45) is 0 Å². The molecule has 0 aliphatic carbocycles. The first-order valence-electron chi connectivity index (χ1n) is 8.98. The van der Waals surface area contributed by atoms with Crippen LogP contribution in [0, 0.1) is 0 Å². The van der Waals surface area contributed by atoms with Gasteiger partial charge >= 0.3 is 0 Å². The van der Waals surface area contributed by atoms with Gasteiger partial charge in [0.05, 0.1) is 16.3 Å². The number of pyridine rings is 1. The Bertz CT molecular complexity index is 1250. The van der Waals surface area contributed by atoms with Gasteiger partial charge in [-0.2, -0.15) is 0 Å². The highest BCUT2D eigenvalue weighted by Crippen LogP contribution is 2.28. The zero-order chi connectivity index (χ0) is 19.6. The third kappa shape index (κ3) is 3.89. The summed E-state index contributed by atoms with van der Waals surface area (Å²) >= 11 is 0. The lowest BCUT2D eigenvalue weighted by molar-refractivity contribution is 0.602. The van der Waals surface area contributed by atoms with Crippen LogP contribution >= 0.6 is 0 Å². The average molecular weight is 388 g/mol. The van der Waals surface area contributed by atoms with E-state index in [2.05, 4.69) is 40.6 Å². The number of benzene rings is 3. The summed E-state index contributed by atoms with van der Waals surface area (Å²) in [5.74, 6) is 0. The van der Waals surface area contributed by atoms with Crippen LogP contribution in [0.25, 0.3) is 22.0 Å². The minimum atomic E-state index is -3.27. The fraction of sp³-hybridized carbons (Fsp3) is 0.0870. The van der Waals surface area contributed by atoms with Gasteiger partial charge in [-0.1, -0.05) is 48.5 Å². The first-order chi connectivity index (χ1) is 13.5. The highest BCUT2D eigenvalue weighted by atomic mass is 32.2. The molecule has 5 heteroatoms. The highest BCUT2D eigenvalue weighted by Gasteiger charge is 2.11. The minimum Gasteiger partial charge on any atom is -0.379 e. The second-order valence-electron chi connectivity index (χ2n) is 6.73. The van der Waals surface area contributed by atoms with Crippen LogP contribution < -0.4 is 5.32 Å². The van der Waals surface area contributed by atoms with Crippen LogP contribution in [-0.2, 0) is 16.4 Å². The molecule has 0 amide bonds. The fourth-order valence-corrected chi connectivity index (χ4v) is 3.86. The molecule has 0 unspecified atom stereocenters. The normalized spacial score (nSPS) is 11.5. The fourth-order valence-electron chi connectivity index (χ4n) is 3.20. The summed E-state index contributed by atoms with van der Waals surface area (Å²) in [4.78, 5) is 4.77. The molecule has 0 bridgehead atoms. The minimum absolute atomic E-state index is 0.288. The second kappa shape index (κ2) is 7.44. The van der Waals surface area contributed by atoms with E-state index in [0.717, 1.165) is 16.9 Å². The molecular formula is C23H20N2O2S. The zero-order valence-corrected chi connectivity index (χ0v) is 16.3. The van der Waals surface area contributed by atoms with Gasteiger partial charge < -0.3 is 5.32 Å². The number of hydrogen-bond donors (Lipinski definition) is 1. The van der Waals surface area contributed by atoms with Gasteiger partial charge in [-0.3, -0.25) is 4.98 Å². The molecule has 4 rings (SSSR count). The van der Waals surface area contributed by atoms with E-state index >= 15 is 0 Å². The van der Waals surface area contributed by atoms with Crippen molar-refractivity contribution in [3.8, 4) is 11.3 Å². The standard InChI is InChI=1S/C23H20N2O2S/c1-28(26,27)21-9-4-8-20(15-21)23-22(10-5-13-24-23)25-16-17-11-12-18-6-2-3-7-19(18)14-17/h2-15,25H,16H2,1H3. The molecule has 3 aromatic carbocycles.